The SMILES string of the molecule is O=C(OCc1cc(=O)n2cc(Br)ccc2n1)c1ccc([N+](=O)[O-])cc1Cl. The van der Waals surface area contributed by atoms with Crippen LogP contribution in [0.25, 0.3) is 5.65 Å². The van der Waals surface area contributed by atoms with Gasteiger partial charge in [0, 0.05) is 28.9 Å². The Morgan fingerprint density at radius 2 is 2.08 bits per heavy atom. The number of hydrogen-bond acceptors (Lipinski definition) is 6. The first-order valence-corrected chi connectivity index (χ1v) is 8.31. The number of ether oxygens (including phenoxy) is 1. The molecule has 132 valence electrons. The monoisotopic (exact) mass is 437 g/mol. The largest absolute Gasteiger partial charge is 0.456 e. The molecule has 26 heavy (non-hydrogen) atoms. The van der Waals surface area contributed by atoms with Gasteiger partial charge in [0.05, 0.1) is 21.2 Å². The lowest BCUT2D eigenvalue weighted by Gasteiger charge is -2.07. The zero-order valence-corrected chi connectivity index (χ0v) is 15.2. The van der Waals surface area contributed by atoms with Crippen molar-refractivity contribution in [2.24, 2.45) is 0 Å². The van der Waals surface area contributed by atoms with Crippen molar-refractivity contribution in [1.82, 2.24) is 9.38 Å². The summed E-state index contributed by atoms with van der Waals surface area (Å²) in [6, 6.07) is 8.06. The molecule has 10 heteroatoms. The van der Waals surface area contributed by atoms with Crippen molar-refractivity contribution in [3.05, 3.63) is 83.8 Å². The highest BCUT2D eigenvalue weighted by Gasteiger charge is 2.16. The highest BCUT2D eigenvalue weighted by Crippen LogP contribution is 2.23. The van der Waals surface area contributed by atoms with E-state index in [9.17, 15) is 19.7 Å². The smallest absolute Gasteiger partial charge is 0.340 e. The number of pyridine rings is 1. The molecular weight excluding hydrogens is 430 g/mol. The van der Waals surface area contributed by atoms with Gasteiger partial charge in [0.15, 0.2) is 0 Å². The van der Waals surface area contributed by atoms with Gasteiger partial charge < -0.3 is 4.74 Å². The quantitative estimate of drug-likeness (QED) is 0.351. The van der Waals surface area contributed by atoms with E-state index >= 15 is 0 Å². The van der Waals surface area contributed by atoms with Gasteiger partial charge in [-0.05, 0) is 34.1 Å². The van der Waals surface area contributed by atoms with E-state index in [4.69, 9.17) is 16.3 Å². The molecule has 0 amide bonds. The van der Waals surface area contributed by atoms with Crippen molar-refractivity contribution in [3.8, 4) is 0 Å². The average Bonchev–Trinajstić information content (AvgIpc) is 2.60. The molecule has 0 unspecified atom stereocenters. The minimum atomic E-state index is -0.775. The molecule has 2 heterocycles. The minimum Gasteiger partial charge on any atom is -0.456 e. The van der Waals surface area contributed by atoms with Crippen molar-refractivity contribution >= 4 is 44.8 Å². The molecule has 0 bridgehead atoms. The first kappa shape index (κ1) is 18.0. The number of nitro groups is 1. The number of halogens is 2. The van der Waals surface area contributed by atoms with Crippen LogP contribution >= 0.6 is 27.5 Å². The molecule has 3 aromatic rings. The van der Waals surface area contributed by atoms with Crippen molar-refractivity contribution in [3.63, 3.8) is 0 Å². The minimum absolute atomic E-state index is 0.0151. The topological polar surface area (TPSA) is 104 Å². The van der Waals surface area contributed by atoms with Gasteiger partial charge in [-0.3, -0.25) is 19.3 Å². The molecule has 0 saturated carbocycles. The van der Waals surface area contributed by atoms with E-state index in [2.05, 4.69) is 20.9 Å². The van der Waals surface area contributed by atoms with E-state index < -0.39 is 10.9 Å². The second-order valence-electron chi connectivity index (χ2n) is 5.16. The Morgan fingerprint density at radius 3 is 2.77 bits per heavy atom. The fraction of sp³-hybridized carbons (Fsp3) is 0.0625. The third-order valence-corrected chi connectivity index (χ3v) is 4.19. The van der Waals surface area contributed by atoms with Crippen molar-refractivity contribution in [2.75, 3.05) is 0 Å². The fourth-order valence-corrected chi connectivity index (χ4v) is 2.79. The predicted octanol–water partition coefficient (Wildman–Crippen LogP) is 3.38. The maximum Gasteiger partial charge on any atom is 0.340 e. The van der Waals surface area contributed by atoms with Crippen molar-refractivity contribution < 1.29 is 14.5 Å². The van der Waals surface area contributed by atoms with Crippen LogP contribution < -0.4 is 5.56 Å². The lowest BCUT2D eigenvalue weighted by molar-refractivity contribution is -0.384. The molecule has 0 radical (unpaired) electrons. The fourth-order valence-electron chi connectivity index (χ4n) is 2.20. The molecule has 8 nitrogen and oxygen atoms in total. The van der Waals surface area contributed by atoms with E-state index in [1.807, 2.05) is 0 Å². The van der Waals surface area contributed by atoms with Gasteiger partial charge in [-0.2, -0.15) is 0 Å². The molecule has 0 saturated heterocycles. The van der Waals surface area contributed by atoms with Crippen LogP contribution in [0.3, 0.4) is 0 Å². The van der Waals surface area contributed by atoms with Crippen molar-refractivity contribution in [1.29, 1.82) is 0 Å². The number of carbonyl (C=O) groups is 1. The third-order valence-electron chi connectivity index (χ3n) is 3.41. The number of aromatic nitrogens is 2. The predicted molar refractivity (Wildman–Crippen MR) is 96.4 cm³/mol. The average molecular weight is 439 g/mol. The van der Waals surface area contributed by atoms with E-state index in [-0.39, 0.29) is 34.1 Å². The Balaban J connectivity index is 1.80. The summed E-state index contributed by atoms with van der Waals surface area (Å²) in [6.07, 6.45) is 1.58. The summed E-state index contributed by atoms with van der Waals surface area (Å²) in [6.45, 7) is -0.242. The summed E-state index contributed by atoms with van der Waals surface area (Å²) >= 11 is 9.16. The Morgan fingerprint density at radius 1 is 1.31 bits per heavy atom. The number of nitrogens with zero attached hydrogens (tertiary/aromatic N) is 3. The van der Waals surface area contributed by atoms with Gasteiger partial charge in [0.1, 0.15) is 12.3 Å². The van der Waals surface area contributed by atoms with Crippen LogP contribution in [0.1, 0.15) is 16.1 Å². The lowest BCUT2D eigenvalue weighted by Crippen LogP contribution is -2.16. The second kappa shape index (κ2) is 7.22. The van der Waals surface area contributed by atoms with Crippen LogP contribution in [-0.4, -0.2) is 20.3 Å². The van der Waals surface area contributed by atoms with Crippen molar-refractivity contribution in [2.45, 2.75) is 6.61 Å². The number of fused-ring (bicyclic) bond motifs is 1. The van der Waals surface area contributed by atoms with Crippen LogP contribution in [0.4, 0.5) is 5.69 Å². The standard InChI is InChI=1S/C16H9BrClN3O5/c17-9-1-4-14-19-10(5-15(22)20(14)7-9)8-26-16(23)12-3-2-11(21(24)25)6-13(12)18/h1-7H,8H2. The van der Waals surface area contributed by atoms with Gasteiger partial charge in [-0.25, -0.2) is 9.78 Å². The highest BCUT2D eigenvalue weighted by atomic mass is 79.9. The molecule has 0 fully saturated rings. The molecule has 3 rings (SSSR count). The Bertz CT molecular complexity index is 1100. The molecule has 0 atom stereocenters. The summed E-state index contributed by atoms with van der Waals surface area (Å²) in [7, 11) is 0. The molecule has 2 aromatic heterocycles. The summed E-state index contributed by atoms with van der Waals surface area (Å²) in [5, 5.41) is 10.6. The lowest BCUT2D eigenvalue weighted by atomic mass is 10.2. The Hall–Kier alpha value is -2.78. The summed E-state index contributed by atoms with van der Waals surface area (Å²) in [4.78, 5) is 38.5. The highest BCUT2D eigenvalue weighted by molar-refractivity contribution is 9.10. The number of non-ortho nitro benzene ring substituents is 1. The van der Waals surface area contributed by atoms with Crippen LogP contribution in [0, 0.1) is 10.1 Å². The summed E-state index contributed by atoms with van der Waals surface area (Å²) < 4.78 is 7.18. The summed E-state index contributed by atoms with van der Waals surface area (Å²) in [5.41, 5.74) is 0.0974. The van der Waals surface area contributed by atoms with E-state index in [1.165, 1.54) is 16.5 Å². The van der Waals surface area contributed by atoms with Crippen LogP contribution in [0.15, 0.2) is 51.9 Å². The van der Waals surface area contributed by atoms with E-state index in [0.717, 1.165) is 16.6 Å². The maximum absolute atomic E-state index is 12.1. The van der Waals surface area contributed by atoms with Crippen LogP contribution in [-0.2, 0) is 11.3 Å². The molecule has 0 spiro atoms. The number of nitro benzene ring substituents is 1. The van der Waals surface area contributed by atoms with Crippen LogP contribution in [0.5, 0.6) is 0 Å². The molecule has 1 aromatic carbocycles. The first-order chi connectivity index (χ1) is 12.3. The Labute approximate surface area is 159 Å². The van der Waals surface area contributed by atoms with Gasteiger partial charge in [-0.1, -0.05) is 11.6 Å². The molecule has 0 aliphatic rings. The molecular formula is C16H9BrClN3O5. The van der Waals surface area contributed by atoms with Crippen LogP contribution in [0.2, 0.25) is 5.02 Å². The van der Waals surface area contributed by atoms with Gasteiger partial charge in [0.2, 0.25) is 0 Å². The normalized spacial score (nSPS) is 10.7. The zero-order chi connectivity index (χ0) is 18.8. The summed E-state index contributed by atoms with van der Waals surface area (Å²) in [5.74, 6) is -0.775. The molecule has 0 N–H and O–H groups in total. The Kier molecular flexibility index (Phi) is 5.01. The van der Waals surface area contributed by atoms with Gasteiger partial charge in [0.25, 0.3) is 11.2 Å². The van der Waals surface area contributed by atoms with Gasteiger partial charge in [-0.15, -0.1) is 0 Å². The zero-order valence-electron chi connectivity index (χ0n) is 12.9. The van der Waals surface area contributed by atoms with E-state index in [0.29, 0.717) is 5.65 Å². The maximum atomic E-state index is 12.1. The first-order valence-electron chi connectivity index (χ1n) is 7.14. The number of hydrogen-bond donors (Lipinski definition) is 0. The van der Waals surface area contributed by atoms with E-state index in [1.54, 1.807) is 18.3 Å². The third kappa shape index (κ3) is 3.73. The number of carbonyl (C=O) groups excluding carboxylic acids is 1. The van der Waals surface area contributed by atoms with Gasteiger partial charge >= 0.3 is 5.97 Å². The second-order valence-corrected chi connectivity index (χ2v) is 6.48. The number of rotatable bonds is 4. The number of esters is 1. The molecule has 0 aliphatic heterocycles. The number of benzene rings is 1. The molecule has 0 aliphatic carbocycles.